The molecule has 1 fully saturated rings. The molecule has 1 aromatic carbocycles. The minimum absolute atomic E-state index is 0. The van der Waals surface area contributed by atoms with Crippen molar-refractivity contribution in [2.45, 2.75) is 53.0 Å². The van der Waals surface area contributed by atoms with Crippen molar-refractivity contribution in [1.82, 2.24) is 10.6 Å². The third-order valence-electron chi connectivity index (χ3n) is 5.65. The lowest BCUT2D eigenvalue weighted by Gasteiger charge is -2.32. The lowest BCUT2D eigenvalue weighted by atomic mass is 9.97. The summed E-state index contributed by atoms with van der Waals surface area (Å²) in [4.78, 5) is 7.16. The number of aliphatic imine (C=N–C) groups is 1. The first-order chi connectivity index (χ1) is 13.2. The SMILES string of the molecule is CCNC(=NCc1ccc(N2CCC(CO)CC2)cc1)NCC(CC)CC.I. The van der Waals surface area contributed by atoms with Gasteiger partial charge in [-0.25, -0.2) is 4.99 Å². The zero-order valence-electron chi connectivity index (χ0n) is 17.8. The van der Waals surface area contributed by atoms with E-state index in [1.54, 1.807) is 0 Å². The van der Waals surface area contributed by atoms with Crippen LogP contribution in [0.2, 0.25) is 0 Å². The van der Waals surface area contributed by atoms with Gasteiger partial charge in [-0.2, -0.15) is 0 Å². The van der Waals surface area contributed by atoms with Crippen molar-refractivity contribution in [3.63, 3.8) is 0 Å². The van der Waals surface area contributed by atoms with E-state index in [0.29, 0.717) is 25.0 Å². The molecular weight excluding hydrogens is 463 g/mol. The molecule has 1 heterocycles. The van der Waals surface area contributed by atoms with Gasteiger partial charge in [-0.05, 0) is 49.3 Å². The predicted molar refractivity (Wildman–Crippen MR) is 131 cm³/mol. The quantitative estimate of drug-likeness (QED) is 0.272. The molecule has 0 spiro atoms. The molecule has 28 heavy (non-hydrogen) atoms. The van der Waals surface area contributed by atoms with Crippen LogP contribution in [-0.4, -0.2) is 43.9 Å². The lowest BCUT2D eigenvalue weighted by molar-refractivity contribution is 0.203. The standard InChI is InChI=1S/C22H38N4O.HI/c1-4-18(5-2)15-24-22(23-6-3)25-16-19-7-9-21(10-8-19)26-13-11-20(17-27)12-14-26;/h7-10,18,20,27H,4-6,11-17H2,1-3H3,(H2,23,24,25);1H. The number of anilines is 1. The van der Waals surface area contributed by atoms with Crippen LogP contribution in [0, 0.1) is 11.8 Å². The number of aliphatic hydroxyl groups is 1. The van der Waals surface area contributed by atoms with Gasteiger partial charge >= 0.3 is 0 Å². The van der Waals surface area contributed by atoms with E-state index >= 15 is 0 Å². The van der Waals surface area contributed by atoms with Gasteiger partial charge in [0.25, 0.3) is 0 Å². The molecule has 1 aromatic rings. The van der Waals surface area contributed by atoms with Crippen LogP contribution in [0.15, 0.2) is 29.3 Å². The van der Waals surface area contributed by atoms with Crippen molar-refractivity contribution in [3.8, 4) is 0 Å². The van der Waals surface area contributed by atoms with Crippen LogP contribution in [-0.2, 0) is 6.54 Å². The summed E-state index contributed by atoms with van der Waals surface area (Å²) in [5, 5.41) is 16.1. The maximum atomic E-state index is 9.28. The molecule has 0 radical (unpaired) electrons. The Morgan fingerprint density at radius 1 is 1.11 bits per heavy atom. The van der Waals surface area contributed by atoms with Crippen LogP contribution in [0.4, 0.5) is 5.69 Å². The van der Waals surface area contributed by atoms with E-state index in [4.69, 9.17) is 4.99 Å². The monoisotopic (exact) mass is 502 g/mol. The molecule has 1 saturated heterocycles. The second-order valence-electron chi connectivity index (χ2n) is 7.54. The third-order valence-corrected chi connectivity index (χ3v) is 5.65. The summed E-state index contributed by atoms with van der Waals surface area (Å²) < 4.78 is 0. The lowest BCUT2D eigenvalue weighted by Crippen LogP contribution is -2.39. The average Bonchev–Trinajstić information content (AvgIpc) is 2.73. The first kappa shape index (κ1) is 25.0. The molecule has 5 nitrogen and oxygen atoms in total. The van der Waals surface area contributed by atoms with Gasteiger partial charge in [-0.1, -0.05) is 38.8 Å². The van der Waals surface area contributed by atoms with Crippen LogP contribution in [0.1, 0.15) is 52.0 Å². The molecule has 0 bridgehead atoms. The van der Waals surface area contributed by atoms with Crippen LogP contribution in [0.25, 0.3) is 0 Å². The van der Waals surface area contributed by atoms with E-state index in [1.165, 1.54) is 24.1 Å². The minimum Gasteiger partial charge on any atom is -0.396 e. The van der Waals surface area contributed by atoms with Crippen LogP contribution in [0.3, 0.4) is 0 Å². The Balaban J connectivity index is 0.00000392. The van der Waals surface area contributed by atoms with Crippen molar-refractivity contribution < 1.29 is 5.11 Å². The minimum atomic E-state index is 0. The second kappa shape index (κ2) is 14.0. The average molecular weight is 502 g/mol. The normalized spacial score (nSPS) is 15.5. The van der Waals surface area contributed by atoms with Gasteiger partial charge in [0, 0.05) is 38.5 Å². The summed E-state index contributed by atoms with van der Waals surface area (Å²) in [6, 6.07) is 8.77. The number of guanidine groups is 1. The predicted octanol–water partition coefficient (Wildman–Crippen LogP) is 4.00. The summed E-state index contributed by atoms with van der Waals surface area (Å²) in [5.74, 6) is 2.08. The molecule has 1 aliphatic rings. The van der Waals surface area contributed by atoms with Crippen molar-refractivity contribution in [2.24, 2.45) is 16.8 Å². The number of halogens is 1. The number of hydrogen-bond donors (Lipinski definition) is 3. The Labute approximate surface area is 188 Å². The van der Waals surface area contributed by atoms with Gasteiger partial charge in [0.05, 0.1) is 6.54 Å². The topological polar surface area (TPSA) is 59.9 Å². The molecule has 3 N–H and O–H groups in total. The number of nitrogens with zero attached hydrogens (tertiary/aromatic N) is 2. The highest BCUT2D eigenvalue weighted by Crippen LogP contribution is 2.23. The molecule has 0 unspecified atom stereocenters. The number of hydrogen-bond acceptors (Lipinski definition) is 3. The van der Waals surface area contributed by atoms with E-state index < -0.39 is 0 Å². The fourth-order valence-electron chi connectivity index (χ4n) is 3.52. The molecule has 0 amide bonds. The van der Waals surface area contributed by atoms with Crippen LogP contribution in [0.5, 0.6) is 0 Å². The number of benzene rings is 1. The van der Waals surface area contributed by atoms with Crippen molar-refractivity contribution in [2.75, 3.05) is 37.7 Å². The number of rotatable bonds is 9. The van der Waals surface area contributed by atoms with Gasteiger partial charge in [0.2, 0.25) is 0 Å². The van der Waals surface area contributed by atoms with Gasteiger partial charge in [0.15, 0.2) is 5.96 Å². The molecule has 0 aliphatic carbocycles. The van der Waals surface area contributed by atoms with Gasteiger partial charge < -0.3 is 20.6 Å². The Hall–Kier alpha value is -1.02. The fraction of sp³-hybridized carbons (Fsp3) is 0.682. The summed E-state index contributed by atoms with van der Waals surface area (Å²) >= 11 is 0. The molecule has 2 rings (SSSR count). The number of piperidine rings is 1. The van der Waals surface area contributed by atoms with Crippen LogP contribution >= 0.6 is 24.0 Å². The van der Waals surface area contributed by atoms with E-state index in [1.807, 2.05) is 0 Å². The number of aliphatic hydroxyl groups excluding tert-OH is 1. The molecule has 0 saturated carbocycles. The molecule has 1 aliphatic heterocycles. The Bertz CT molecular complexity index is 552. The Kier molecular flexibility index (Phi) is 12.5. The highest BCUT2D eigenvalue weighted by atomic mass is 127. The van der Waals surface area contributed by atoms with Crippen molar-refractivity contribution in [3.05, 3.63) is 29.8 Å². The summed E-state index contributed by atoms with van der Waals surface area (Å²) in [5.41, 5.74) is 2.50. The second-order valence-corrected chi connectivity index (χ2v) is 7.54. The summed E-state index contributed by atoms with van der Waals surface area (Å²) in [7, 11) is 0. The Morgan fingerprint density at radius 2 is 1.75 bits per heavy atom. The van der Waals surface area contributed by atoms with Crippen molar-refractivity contribution >= 4 is 35.6 Å². The third kappa shape index (κ3) is 8.15. The maximum Gasteiger partial charge on any atom is 0.191 e. The molecule has 0 atom stereocenters. The van der Waals surface area contributed by atoms with E-state index in [-0.39, 0.29) is 24.0 Å². The van der Waals surface area contributed by atoms with Gasteiger partial charge in [-0.15, -0.1) is 24.0 Å². The smallest absolute Gasteiger partial charge is 0.191 e. The largest absolute Gasteiger partial charge is 0.396 e. The molecular formula is C22H39IN4O. The zero-order chi connectivity index (χ0) is 19.5. The molecule has 6 heteroatoms. The zero-order valence-corrected chi connectivity index (χ0v) is 20.1. The van der Waals surface area contributed by atoms with Gasteiger partial charge in [0.1, 0.15) is 0 Å². The molecule has 0 aromatic heterocycles. The first-order valence-electron chi connectivity index (χ1n) is 10.7. The maximum absolute atomic E-state index is 9.28. The van der Waals surface area contributed by atoms with Crippen LogP contribution < -0.4 is 15.5 Å². The van der Waals surface area contributed by atoms with Gasteiger partial charge in [-0.3, -0.25) is 0 Å². The molecule has 160 valence electrons. The highest BCUT2D eigenvalue weighted by molar-refractivity contribution is 14.0. The van der Waals surface area contributed by atoms with E-state index in [0.717, 1.165) is 45.0 Å². The van der Waals surface area contributed by atoms with E-state index in [2.05, 4.69) is 60.6 Å². The summed E-state index contributed by atoms with van der Waals surface area (Å²) in [6.45, 7) is 11.5. The Morgan fingerprint density at radius 3 is 2.29 bits per heavy atom. The summed E-state index contributed by atoms with van der Waals surface area (Å²) in [6.07, 6.45) is 4.55. The van der Waals surface area contributed by atoms with Crippen molar-refractivity contribution in [1.29, 1.82) is 0 Å². The number of nitrogens with one attached hydrogen (secondary N) is 2. The van der Waals surface area contributed by atoms with E-state index in [9.17, 15) is 5.11 Å². The fourth-order valence-corrected chi connectivity index (χ4v) is 3.52. The highest BCUT2D eigenvalue weighted by Gasteiger charge is 2.18. The first-order valence-corrected chi connectivity index (χ1v) is 10.7.